The Kier molecular flexibility index (Phi) is 3.58. The zero-order valence-electron chi connectivity index (χ0n) is 12.5. The Bertz CT molecular complexity index is 920. The van der Waals surface area contributed by atoms with Gasteiger partial charge in [-0.25, -0.2) is 4.98 Å². The van der Waals surface area contributed by atoms with Crippen LogP contribution in [0.5, 0.6) is 0 Å². The number of fused-ring (bicyclic) bond motifs is 1. The number of nitrogens with zero attached hydrogens (tertiary/aromatic N) is 2. The summed E-state index contributed by atoms with van der Waals surface area (Å²) in [5.41, 5.74) is 0.496. The van der Waals surface area contributed by atoms with E-state index in [4.69, 9.17) is 4.42 Å². The summed E-state index contributed by atoms with van der Waals surface area (Å²) in [6, 6.07) is 3.61. The molecule has 0 aliphatic carbocycles. The molecule has 114 valence electrons. The number of carbonyl (C=O) groups excluding carboxylic acids is 1. The van der Waals surface area contributed by atoms with Crippen molar-refractivity contribution in [2.45, 2.75) is 27.3 Å². The van der Waals surface area contributed by atoms with Crippen molar-refractivity contribution in [3.63, 3.8) is 0 Å². The quantitative estimate of drug-likeness (QED) is 0.803. The van der Waals surface area contributed by atoms with Crippen molar-refractivity contribution < 1.29 is 9.21 Å². The van der Waals surface area contributed by atoms with Crippen LogP contribution in [0.3, 0.4) is 0 Å². The molecular weight excluding hydrogens is 302 g/mol. The molecule has 1 N–H and O–H groups in total. The van der Waals surface area contributed by atoms with Crippen molar-refractivity contribution in [2.75, 3.05) is 0 Å². The maximum Gasteiger partial charge on any atom is 0.271 e. The first-order chi connectivity index (χ1) is 10.5. The lowest BCUT2D eigenvalue weighted by molar-refractivity contribution is 0.0946. The third-order valence-electron chi connectivity index (χ3n) is 3.48. The van der Waals surface area contributed by atoms with Crippen molar-refractivity contribution in [3.8, 4) is 0 Å². The highest BCUT2D eigenvalue weighted by molar-refractivity contribution is 7.17. The SMILES string of the molecule is Cc1ccc(CNC(=O)c2cnc3sc(C)c(C)n3c2=O)o1. The highest BCUT2D eigenvalue weighted by Gasteiger charge is 2.16. The number of aryl methyl sites for hydroxylation is 3. The Balaban J connectivity index is 1.89. The van der Waals surface area contributed by atoms with Crippen molar-refractivity contribution in [1.29, 1.82) is 0 Å². The van der Waals surface area contributed by atoms with Gasteiger partial charge in [0, 0.05) is 16.8 Å². The monoisotopic (exact) mass is 317 g/mol. The van der Waals surface area contributed by atoms with Crippen LogP contribution in [-0.2, 0) is 6.54 Å². The van der Waals surface area contributed by atoms with Crippen LogP contribution in [0.25, 0.3) is 4.96 Å². The maximum atomic E-state index is 12.5. The van der Waals surface area contributed by atoms with E-state index in [1.807, 2.05) is 26.8 Å². The van der Waals surface area contributed by atoms with Crippen LogP contribution in [0.1, 0.15) is 32.4 Å². The highest BCUT2D eigenvalue weighted by Crippen LogP contribution is 2.18. The van der Waals surface area contributed by atoms with Gasteiger partial charge in [0.1, 0.15) is 17.1 Å². The molecule has 6 nitrogen and oxygen atoms in total. The topological polar surface area (TPSA) is 76.6 Å². The summed E-state index contributed by atoms with van der Waals surface area (Å²) in [6.45, 7) is 5.83. The van der Waals surface area contributed by atoms with Gasteiger partial charge in [-0.3, -0.25) is 14.0 Å². The molecular formula is C15H15N3O3S. The van der Waals surface area contributed by atoms with Crippen molar-refractivity contribution in [3.05, 3.63) is 56.3 Å². The lowest BCUT2D eigenvalue weighted by Gasteiger charge is -2.03. The number of furan rings is 1. The Hall–Kier alpha value is -2.41. The molecule has 0 unspecified atom stereocenters. The summed E-state index contributed by atoms with van der Waals surface area (Å²) in [5.74, 6) is 0.962. The van der Waals surface area contributed by atoms with E-state index in [0.29, 0.717) is 10.7 Å². The fourth-order valence-electron chi connectivity index (χ4n) is 2.17. The second-order valence-corrected chi connectivity index (χ2v) is 6.22. The van der Waals surface area contributed by atoms with Crippen LogP contribution < -0.4 is 10.9 Å². The van der Waals surface area contributed by atoms with Crippen LogP contribution in [0.4, 0.5) is 0 Å². The molecule has 0 saturated heterocycles. The van der Waals surface area contributed by atoms with E-state index in [0.717, 1.165) is 16.3 Å². The Morgan fingerprint density at radius 3 is 2.82 bits per heavy atom. The summed E-state index contributed by atoms with van der Waals surface area (Å²) in [7, 11) is 0. The molecule has 22 heavy (non-hydrogen) atoms. The Morgan fingerprint density at radius 1 is 1.36 bits per heavy atom. The summed E-state index contributed by atoms with van der Waals surface area (Å²) in [5, 5.41) is 2.68. The van der Waals surface area contributed by atoms with E-state index < -0.39 is 5.91 Å². The second kappa shape index (κ2) is 5.42. The number of rotatable bonds is 3. The molecule has 0 bridgehead atoms. The summed E-state index contributed by atoms with van der Waals surface area (Å²) in [6.07, 6.45) is 1.33. The highest BCUT2D eigenvalue weighted by atomic mass is 32.1. The molecule has 0 atom stereocenters. The third kappa shape index (κ3) is 2.43. The van der Waals surface area contributed by atoms with Crippen LogP contribution in [0.2, 0.25) is 0 Å². The maximum absolute atomic E-state index is 12.5. The van der Waals surface area contributed by atoms with E-state index in [-0.39, 0.29) is 17.7 Å². The van der Waals surface area contributed by atoms with Crippen LogP contribution in [0.15, 0.2) is 27.5 Å². The number of carbonyl (C=O) groups is 1. The Labute approximate surface area is 130 Å². The van der Waals surface area contributed by atoms with Gasteiger partial charge in [0.15, 0.2) is 4.96 Å². The molecule has 0 aliphatic heterocycles. The first-order valence-corrected chi connectivity index (χ1v) is 7.60. The predicted octanol–water partition coefficient (Wildman–Crippen LogP) is 2.20. The molecule has 3 aromatic rings. The van der Waals surface area contributed by atoms with E-state index in [1.165, 1.54) is 21.9 Å². The molecule has 3 heterocycles. The molecule has 3 rings (SSSR count). The number of aromatic nitrogens is 2. The van der Waals surface area contributed by atoms with Crippen LogP contribution in [-0.4, -0.2) is 15.3 Å². The summed E-state index contributed by atoms with van der Waals surface area (Å²) < 4.78 is 6.86. The van der Waals surface area contributed by atoms with E-state index in [9.17, 15) is 9.59 Å². The number of nitrogens with one attached hydrogen (secondary N) is 1. The van der Waals surface area contributed by atoms with E-state index in [1.54, 1.807) is 6.07 Å². The minimum absolute atomic E-state index is 0.0293. The minimum Gasteiger partial charge on any atom is -0.465 e. The average molecular weight is 317 g/mol. The van der Waals surface area contributed by atoms with Gasteiger partial charge in [-0.1, -0.05) is 0 Å². The van der Waals surface area contributed by atoms with Gasteiger partial charge < -0.3 is 9.73 Å². The standard InChI is InChI=1S/C15H15N3O3S/c1-8-4-5-11(21-8)6-16-13(19)12-7-17-15-18(14(12)20)9(2)10(3)22-15/h4-5,7H,6H2,1-3H3,(H,16,19). The molecule has 0 aliphatic rings. The normalized spacial score (nSPS) is 11.0. The summed E-state index contributed by atoms with van der Waals surface area (Å²) >= 11 is 1.43. The van der Waals surface area contributed by atoms with Gasteiger partial charge in [0.25, 0.3) is 11.5 Å². The first-order valence-electron chi connectivity index (χ1n) is 6.78. The molecule has 3 aromatic heterocycles. The van der Waals surface area contributed by atoms with Gasteiger partial charge in [-0.15, -0.1) is 11.3 Å². The zero-order valence-corrected chi connectivity index (χ0v) is 13.3. The van der Waals surface area contributed by atoms with Gasteiger partial charge in [0.05, 0.1) is 6.54 Å². The van der Waals surface area contributed by atoms with Crippen LogP contribution >= 0.6 is 11.3 Å². The van der Waals surface area contributed by atoms with Gasteiger partial charge in [-0.05, 0) is 32.9 Å². The number of amides is 1. The second-order valence-electron chi connectivity index (χ2n) is 5.03. The van der Waals surface area contributed by atoms with E-state index >= 15 is 0 Å². The van der Waals surface area contributed by atoms with Gasteiger partial charge in [-0.2, -0.15) is 0 Å². The number of thiazole rings is 1. The molecule has 0 spiro atoms. The van der Waals surface area contributed by atoms with Crippen molar-refractivity contribution in [2.24, 2.45) is 0 Å². The van der Waals surface area contributed by atoms with E-state index in [2.05, 4.69) is 10.3 Å². The molecule has 0 saturated carbocycles. The fraction of sp³-hybridized carbons (Fsp3) is 0.267. The largest absolute Gasteiger partial charge is 0.465 e. The lowest BCUT2D eigenvalue weighted by Crippen LogP contribution is -2.31. The van der Waals surface area contributed by atoms with Gasteiger partial charge >= 0.3 is 0 Å². The lowest BCUT2D eigenvalue weighted by atomic mass is 10.3. The Morgan fingerprint density at radius 2 is 2.14 bits per heavy atom. The molecule has 0 fully saturated rings. The number of hydrogen-bond acceptors (Lipinski definition) is 5. The van der Waals surface area contributed by atoms with Gasteiger partial charge in [0.2, 0.25) is 0 Å². The number of hydrogen-bond donors (Lipinski definition) is 1. The smallest absolute Gasteiger partial charge is 0.271 e. The minimum atomic E-state index is -0.454. The third-order valence-corrected chi connectivity index (χ3v) is 4.55. The molecule has 0 radical (unpaired) electrons. The zero-order chi connectivity index (χ0) is 15.9. The molecule has 7 heteroatoms. The first kappa shape index (κ1) is 14.5. The van der Waals surface area contributed by atoms with Crippen LogP contribution in [0, 0.1) is 20.8 Å². The predicted molar refractivity (Wildman–Crippen MR) is 83.4 cm³/mol. The average Bonchev–Trinajstić information content (AvgIpc) is 3.01. The summed E-state index contributed by atoms with van der Waals surface area (Å²) in [4.78, 5) is 30.5. The fourth-order valence-corrected chi connectivity index (χ4v) is 3.10. The molecule has 0 aromatic carbocycles. The van der Waals surface area contributed by atoms with Crippen molar-refractivity contribution >= 4 is 22.2 Å². The van der Waals surface area contributed by atoms with Crippen molar-refractivity contribution in [1.82, 2.24) is 14.7 Å². The molecule has 1 amide bonds.